The van der Waals surface area contributed by atoms with E-state index in [4.69, 9.17) is 5.11 Å². The maximum absolute atomic E-state index is 12.5. The van der Waals surface area contributed by atoms with Crippen molar-refractivity contribution in [2.24, 2.45) is 0 Å². The number of rotatable bonds is 7. The van der Waals surface area contributed by atoms with Crippen LogP contribution in [0.25, 0.3) is 0 Å². The normalized spacial score (nSPS) is 15.7. The Morgan fingerprint density at radius 2 is 1.89 bits per heavy atom. The van der Waals surface area contributed by atoms with Gasteiger partial charge in [-0.2, -0.15) is 13.2 Å². The molecule has 0 spiro atoms. The number of alkyl halides is 3. The Morgan fingerprint density at radius 1 is 1.22 bits per heavy atom. The van der Waals surface area contributed by atoms with E-state index in [1.165, 1.54) is 0 Å². The lowest BCUT2D eigenvalue weighted by Crippen LogP contribution is -2.46. The predicted molar refractivity (Wildman–Crippen MR) is 88.7 cm³/mol. The summed E-state index contributed by atoms with van der Waals surface area (Å²) in [6, 6.07) is 7.86. The lowest BCUT2D eigenvalue weighted by Gasteiger charge is -2.23. The zero-order valence-electron chi connectivity index (χ0n) is 14.4. The quantitative estimate of drug-likeness (QED) is 0.747. The van der Waals surface area contributed by atoms with Gasteiger partial charge in [0.1, 0.15) is 13.1 Å². The minimum Gasteiger partial charge on any atom is -0.481 e. The maximum atomic E-state index is 12.5. The second-order valence-corrected chi connectivity index (χ2v) is 6.31. The van der Waals surface area contributed by atoms with Crippen molar-refractivity contribution < 1.29 is 32.7 Å². The van der Waals surface area contributed by atoms with Crippen LogP contribution >= 0.6 is 0 Å². The van der Waals surface area contributed by atoms with Gasteiger partial charge in [-0.25, -0.2) is 4.79 Å². The molecule has 2 rings (SSSR count). The highest BCUT2D eigenvalue weighted by atomic mass is 19.4. The maximum Gasteiger partial charge on any atom is 0.406 e. The van der Waals surface area contributed by atoms with Crippen molar-refractivity contribution in [3.05, 3.63) is 35.9 Å². The van der Waals surface area contributed by atoms with E-state index in [0.29, 0.717) is 11.3 Å². The number of carboxylic acids is 1. The van der Waals surface area contributed by atoms with E-state index in [1.54, 1.807) is 12.1 Å². The standard InChI is InChI=1S/C17H20F3N3O4/c18-17(19,20)10-23-11-22(9-14(23)24)16(27)21-13(6-7-15(25)26)8-12-4-2-1-3-5-12/h1-5,13H,6-11H2,(H,21,27)(H,25,26). The molecule has 1 saturated heterocycles. The topological polar surface area (TPSA) is 90.0 Å². The molecule has 3 amide bonds. The minimum atomic E-state index is -4.54. The van der Waals surface area contributed by atoms with E-state index in [9.17, 15) is 27.6 Å². The van der Waals surface area contributed by atoms with Gasteiger partial charge in [-0.1, -0.05) is 30.3 Å². The highest BCUT2D eigenvalue weighted by molar-refractivity contribution is 5.87. The van der Waals surface area contributed by atoms with E-state index in [0.717, 1.165) is 10.5 Å². The van der Waals surface area contributed by atoms with Crippen LogP contribution in [0.15, 0.2) is 30.3 Å². The number of amides is 3. The van der Waals surface area contributed by atoms with Crippen LogP contribution in [0.2, 0.25) is 0 Å². The first kappa shape index (κ1) is 20.5. The molecule has 1 aromatic rings. The summed E-state index contributed by atoms with van der Waals surface area (Å²) in [7, 11) is 0. The summed E-state index contributed by atoms with van der Waals surface area (Å²) in [5.74, 6) is -1.80. The van der Waals surface area contributed by atoms with Crippen LogP contribution in [0.4, 0.5) is 18.0 Å². The second-order valence-electron chi connectivity index (χ2n) is 6.31. The summed E-state index contributed by atoms with van der Waals surface area (Å²) in [6.07, 6.45) is -4.19. The van der Waals surface area contributed by atoms with Crippen molar-refractivity contribution in [3.8, 4) is 0 Å². The lowest BCUT2D eigenvalue weighted by atomic mass is 10.0. The van der Waals surface area contributed by atoms with Crippen molar-refractivity contribution in [2.45, 2.75) is 31.5 Å². The van der Waals surface area contributed by atoms with Crippen LogP contribution in [-0.4, -0.2) is 64.8 Å². The summed E-state index contributed by atoms with van der Waals surface area (Å²) in [5.41, 5.74) is 0.879. The van der Waals surface area contributed by atoms with Crippen molar-refractivity contribution in [3.63, 3.8) is 0 Å². The van der Waals surface area contributed by atoms with E-state index in [1.807, 2.05) is 18.2 Å². The van der Waals surface area contributed by atoms with Crippen molar-refractivity contribution in [1.82, 2.24) is 15.1 Å². The summed E-state index contributed by atoms with van der Waals surface area (Å²) >= 11 is 0. The van der Waals surface area contributed by atoms with E-state index < -0.39 is 49.9 Å². The van der Waals surface area contributed by atoms with Crippen LogP contribution in [0.5, 0.6) is 0 Å². The molecule has 1 heterocycles. The second kappa shape index (κ2) is 8.74. The van der Waals surface area contributed by atoms with Crippen LogP contribution in [0.3, 0.4) is 0 Å². The van der Waals surface area contributed by atoms with Gasteiger partial charge in [0.05, 0.1) is 6.67 Å². The van der Waals surface area contributed by atoms with E-state index >= 15 is 0 Å². The molecule has 0 aliphatic carbocycles. The molecule has 148 valence electrons. The van der Waals surface area contributed by atoms with Gasteiger partial charge in [0.2, 0.25) is 5.91 Å². The van der Waals surface area contributed by atoms with Crippen molar-refractivity contribution >= 4 is 17.9 Å². The third-order valence-corrected chi connectivity index (χ3v) is 4.04. The molecule has 1 aromatic carbocycles. The van der Waals surface area contributed by atoms with Gasteiger partial charge < -0.3 is 15.3 Å². The van der Waals surface area contributed by atoms with Crippen LogP contribution in [-0.2, 0) is 16.0 Å². The highest BCUT2D eigenvalue weighted by Gasteiger charge is 2.39. The van der Waals surface area contributed by atoms with Gasteiger partial charge in [0.15, 0.2) is 0 Å². The molecule has 1 fully saturated rings. The Labute approximate surface area is 153 Å². The number of nitrogens with one attached hydrogen (secondary N) is 1. The van der Waals surface area contributed by atoms with Crippen molar-refractivity contribution in [1.29, 1.82) is 0 Å². The molecule has 27 heavy (non-hydrogen) atoms. The molecule has 1 aliphatic heterocycles. The number of aliphatic carboxylic acids is 1. The Morgan fingerprint density at radius 3 is 2.48 bits per heavy atom. The summed E-state index contributed by atoms with van der Waals surface area (Å²) < 4.78 is 37.4. The van der Waals surface area contributed by atoms with Crippen LogP contribution in [0, 0.1) is 0 Å². The predicted octanol–water partition coefficient (Wildman–Crippen LogP) is 1.84. The smallest absolute Gasteiger partial charge is 0.406 e. The van der Waals surface area contributed by atoms with Gasteiger partial charge >= 0.3 is 18.2 Å². The molecule has 1 atom stereocenters. The molecule has 0 aromatic heterocycles. The molecule has 0 bridgehead atoms. The number of carbonyl (C=O) groups excluding carboxylic acids is 2. The third-order valence-electron chi connectivity index (χ3n) is 4.04. The highest BCUT2D eigenvalue weighted by Crippen LogP contribution is 2.19. The fourth-order valence-corrected chi connectivity index (χ4v) is 2.78. The summed E-state index contributed by atoms with van der Waals surface area (Å²) in [4.78, 5) is 36.4. The number of nitrogens with zero attached hydrogens (tertiary/aromatic N) is 2. The van der Waals surface area contributed by atoms with Gasteiger partial charge in [-0.15, -0.1) is 0 Å². The number of hydrogen-bond acceptors (Lipinski definition) is 3. The fourth-order valence-electron chi connectivity index (χ4n) is 2.78. The molecular weight excluding hydrogens is 367 g/mol. The van der Waals surface area contributed by atoms with Gasteiger partial charge in [-0.3, -0.25) is 14.5 Å². The number of carboxylic acid groups (broad SMARTS) is 1. The zero-order chi connectivity index (χ0) is 20.0. The SMILES string of the molecule is O=C(O)CCC(Cc1ccccc1)NC(=O)N1CC(=O)N(CC(F)(F)F)C1. The summed E-state index contributed by atoms with van der Waals surface area (Å²) in [6.45, 7) is -2.32. The largest absolute Gasteiger partial charge is 0.481 e. The van der Waals surface area contributed by atoms with Crippen molar-refractivity contribution in [2.75, 3.05) is 19.8 Å². The number of carbonyl (C=O) groups is 3. The first-order chi connectivity index (χ1) is 12.6. The Bertz CT molecular complexity index is 682. The lowest BCUT2D eigenvalue weighted by molar-refractivity contribution is -0.157. The average Bonchev–Trinajstić information content (AvgIpc) is 2.92. The molecular formula is C17H20F3N3O4. The van der Waals surface area contributed by atoms with Gasteiger partial charge in [-0.05, 0) is 18.4 Å². The first-order valence-electron chi connectivity index (χ1n) is 8.30. The Balaban J connectivity index is 1.98. The van der Waals surface area contributed by atoms with E-state index in [-0.39, 0.29) is 12.8 Å². The van der Waals surface area contributed by atoms with Gasteiger partial charge in [0.25, 0.3) is 0 Å². The molecule has 7 nitrogen and oxygen atoms in total. The molecule has 0 radical (unpaired) electrons. The molecule has 0 saturated carbocycles. The molecule has 2 N–H and O–H groups in total. The van der Waals surface area contributed by atoms with E-state index in [2.05, 4.69) is 5.32 Å². The summed E-state index contributed by atoms with van der Waals surface area (Å²) in [5, 5.41) is 11.5. The Kier molecular flexibility index (Phi) is 6.65. The fraction of sp³-hybridized carbons (Fsp3) is 0.471. The number of urea groups is 1. The zero-order valence-corrected chi connectivity index (χ0v) is 14.4. The first-order valence-corrected chi connectivity index (χ1v) is 8.30. The minimum absolute atomic E-state index is 0.157. The molecule has 1 aliphatic rings. The average molecular weight is 387 g/mol. The van der Waals surface area contributed by atoms with Crippen LogP contribution in [0.1, 0.15) is 18.4 Å². The molecule has 1 unspecified atom stereocenters. The third kappa shape index (κ3) is 6.80. The number of halogens is 3. The Hall–Kier alpha value is -2.78. The monoisotopic (exact) mass is 387 g/mol. The number of hydrogen-bond donors (Lipinski definition) is 2. The van der Waals surface area contributed by atoms with Gasteiger partial charge in [0, 0.05) is 12.5 Å². The van der Waals surface area contributed by atoms with Crippen LogP contribution < -0.4 is 5.32 Å². The number of benzene rings is 1. The molecule has 10 heteroatoms.